The Kier molecular flexibility index (Phi) is 4.69. The maximum Gasteiger partial charge on any atom is 0.282 e. The van der Waals surface area contributed by atoms with Gasteiger partial charge in [0.05, 0.1) is 17.8 Å². The van der Waals surface area contributed by atoms with E-state index < -0.39 is 11.7 Å². The van der Waals surface area contributed by atoms with Crippen LogP contribution in [0, 0.1) is 5.82 Å². The largest absolute Gasteiger partial charge is 0.463 e. The minimum absolute atomic E-state index is 0.102. The SMILES string of the molecule is NC1=N[C@@H](CCc2ccc(NC(=O)c3cncc(F)c3)cc2)CO1. The van der Waals surface area contributed by atoms with Gasteiger partial charge in [0, 0.05) is 11.9 Å². The van der Waals surface area contributed by atoms with Crippen LogP contribution >= 0.6 is 0 Å². The Balaban J connectivity index is 1.55. The second-order valence-corrected chi connectivity index (χ2v) is 5.51. The zero-order valence-electron chi connectivity index (χ0n) is 12.9. The Morgan fingerprint density at radius 1 is 1.33 bits per heavy atom. The number of carbonyl (C=O) groups is 1. The Bertz CT molecular complexity index is 761. The molecule has 0 radical (unpaired) electrons. The van der Waals surface area contributed by atoms with E-state index in [0.717, 1.165) is 30.7 Å². The van der Waals surface area contributed by atoms with Crippen LogP contribution in [-0.4, -0.2) is 29.6 Å². The highest BCUT2D eigenvalue weighted by Crippen LogP contribution is 2.15. The minimum atomic E-state index is -0.544. The Morgan fingerprint density at radius 2 is 2.12 bits per heavy atom. The van der Waals surface area contributed by atoms with Crippen molar-refractivity contribution in [1.82, 2.24) is 4.98 Å². The lowest BCUT2D eigenvalue weighted by molar-refractivity contribution is 0.102. The number of pyridine rings is 1. The third-order valence-electron chi connectivity index (χ3n) is 3.68. The van der Waals surface area contributed by atoms with Crippen LogP contribution in [0.4, 0.5) is 10.1 Å². The lowest BCUT2D eigenvalue weighted by atomic mass is 10.1. The number of benzene rings is 1. The zero-order chi connectivity index (χ0) is 16.9. The highest BCUT2D eigenvalue weighted by Gasteiger charge is 2.16. The fourth-order valence-corrected chi connectivity index (χ4v) is 2.41. The van der Waals surface area contributed by atoms with E-state index in [2.05, 4.69) is 15.3 Å². The molecule has 0 aliphatic carbocycles. The number of anilines is 1. The summed E-state index contributed by atoms with van der Waals surface area (Å²) in [5.74, 6) is -0.945. The highest BCUT2D eigenvalue weighted by atomic mass is 19.1. The number of rotatable bonds is 5. The number of aryl methyl sites for hydroxylation is 1. The Morgan fingerprint density at radius 3 is 2.79 bits per heavy atom. The van der Waals surface area contributed by atoms with E-state index in [1.165, 1.54) is 6.20 Å². The van der Waals surface area contributed by atoms with Crippen molar-refractivity contribution in [1.29, 1.82) is 0 Å². The summed E-state index contributed by atoms with van der Waals surface area (Å²) in [6.45, 7) is 0.529. The summed E-state index contributed by atoms with van der Waals surface area (Å²) in [4.78, 5) is 19.9. The van der Waals surface area contributed by atoms with Gasteiger partial charge >= 0.3 is 0 Å². The molecule has 1 aromatic carbocycles. The highest BCUT2D eigenvalue weighted by molar-refractivity contribution is 6.04. The molecule has 0 spiro atoms. The number of carbonyl (C=O) groups excluding carboxylic acids is 1. The number of halogens is 1. The monoisotopic (exact) mass is 328 g/mol. The topological polar surface area (TPSA) is 89.6 Å². The number of nitrogens with two attached hydrogens (primary N) is 1. The van der Waals surface area contributed by atoms with Crippen LogP contribution in [0.5, 0.6) is 0 Å². The van der Waals surface area contributed by atoms with Gasteiger partial charge in [0.15, 0.2) is 0 Å². The number of nitrogens with zero attached hydrogens (tertiary/aromatic N) is 2. The molecule has 0 saturated carbocycles. The molecule has 7 heteroatoms. The second-order valence-electron chi connectivity index (χ2n) is 5.51. The van der Waals surface area contributed by atoms with E-state index in [1.807, 2.05) is 24.3 Å². The first kappa shape index (κ1) is 15.9. The molecule has 1 aromatic heterocycles. The molecular weight excluding hydrogens is 311 g/mol. The van der Waals surface area contributed by atoms with Crippen molar-refractivity contribution >= 4 is 17.6 Å². The number of hydrogen-bond donors (Lipinski definition) is 2. The van der Waals surface area contributed by atoms with Gasteiger partial charge in [-0.2, -0.15) is 0 Å². The molecule has 3 rings (SSSR count). The van der Waals surface area contributed by atoms with Gasteiger partial charge < -0.3 is 15.8 Å². The predicted octanol–water partition coefficient (Wildman–Crippen LogP) is 2.12. The molecule has 2 heterocycles. The Hall–Kier alpha value is -2.96. The minimum Gasteiger partial charge on any atom is -0.463 e. The lowest BCUT2D eigenvalue weighted by Gasteiger charge is -2.08. The average Bonchev–Trinajstić information content (AvgIpc) is 3.00. The van der Waals surface area contributed by atoms with Crippen molar-refractivity contribution in [2.24, 2.45) is 10.7 Å². The van der Waals surface area contributed by atoms with Gasteiger partial charge in [-0.05, 0) is 36.6 Å². The van der Waals surface area contributed by atoms with Gasteiger partial charge in [-0.1, -0.05) is 12.1 Å². The van der Waals surface area contributed by atoms with Crippen molar-refractivity contribution in [3.63, 3.8) is 0 Å². The maximum absolute atomic E-state index is 13.1. The summed E-state index contributed by atoms with van der Waals surface area (Å²) in [5.41, 5.74) is 7.42. The summed E-state index contributed by atoms with van der Waals surface area (Å²) in [6, 6.07) is 8.98. The van der Waals surface area contributed by atoms with Crippen LogP contribution in [0.25, 0.3) is 0 Å². The van der Waals surface area contributed by atoms with Crippen molar-refractivity contribution < 1.29 is 13.9 Å². The van der Waals surface area contributed by atoms with Crippen LogP contribution in [0.1, 0.15) is 22.3 Å². The molecule has 0 fully saturated rings. The molecule has 3 N–H and O–H groups in total. The molecule has 1 aliphatic heterocycles. The maximum atomic E-state index is 13.1. The van der Waals surface area contributed by atoms with Gasteiger partial charge in [0.2, 0.25) is 0 Å². The number of ether oxygens (including phenoxy) is 1. The zero-order valence-corrected chi connectivity index (χ0v) is 12.9. The van der Waals surface area contributed by atoms with Crippen LogP contribution in [-0.2, 0) is 11.2 Å². The molecule has 2 aromatic rings. The van der Waals surface area contributed by atoms with Gasteiger partial charge in [0.1, 0.15) is 12.4 Å². The Labute approximate surface area is 138 Å². The van der Waals surface area contributed by atoms with E-state index >= 15 is 0 Å². The number of hydrogen-bond acceptors (Lipinski definition) is 5. The molecule has 0 saturated heterocycles. The van der Waals surface area contributed by atoms with Crippen molar-refractivity contribution in [2.45, 2.75) is 18.9 Å². The van der Waals surface area contributed by atoms with Gasteiger partial charge in [-0.25, -0.2) is 9.38 Å². The van der Waals surface area contributed by atoms with Crippen molar-refractivity contribution in [3.05, 3.63) is 59.7 Å². The van der Waals surface area contributed by atoms with Gasteiger partial charge in [-0.3, -0.25) is 9.78 Å². The molecule has 1 amide bonds. The van der Waals surface area contributed by atoms with Crippen LogP contribution in [0.3, 0.4) is 0 Å². The fourth-order valence-electron chi connectivity index (χ4n) is 2.41. The summed E-state index contributed by atoms with van der Waals surface area (Å²) < 4.78 is 18.2. The number of aliphatic imine (C=N–C) groups is 1. The lowest BCUT2D eigenvalue weighted by Crippen LogP contribution is -2.12. The first-order chi connectivity index (χ1) is 11.6. The number of amides is 1. The predicted molar refractivity (Wildman–Crippen MR) is 88.3 cm³/mol. The third-order valence-corrected chi connectivity index (χ3v) is 3.68. The summed E-state index contributed by atoms with van der Waals surface area (Å²) in [6.07, 6.45) is 4.06. The molecule has 24 heavy (non-hydrogen) atoms. The standard InChI is InChI=1S/C17H17FN4O2/c18-13-7-12(8-20-9-13)16(23)21-14-4-1-11(2-5-14)3-6-15-10-24-17(19)22-15/h1-2,4-5,7-9,15H,3,6,10H2,(H2,19,22)(H,21,23)/t15-/m0/s1. The van der Waals surface area contributed by atoms with Crippen molar-refractivity contribution in [3.8, 4) is 0 Å². The average molecular weight is 328 g/mol. The van der Waals surface area contributed by atoms with Crippen molar-refractivity contribution in [2.75, 3.05) is 11.9 Å². The molecule has 124 valence electrons. The van der Waals surface area contributed by atoms with Gasteiger partial charge in [0.25, 0.3) is 11.9 Å². The third kappa shape index (κ3) is 4.07. The molecule has 1 aliphatic rings. The first-order valence-electron chi connectivity index (χ1n) is 7.57. The molecule has 6 nitrogen and oxygen atoms in total. The quantitative estimate of drug-likeness (QED) is 0.880. The summed E-state index contributed by atoms with van der Waals surface area (Å²) in [5, 5.41) is 2.71. The smallest absolute Gasteiger partial charge is 0.282 e. The van der Waals surface area contributed by atoms with E-state index in [1.54, 1.807) is 0 Å². The van der Waals surface area contributed by atoms with E-state index in [0.29, 0.717) is 12.3 Å². The number of aromatic nitrogens is 1. The van der Waals surface area contributed by atoms with E-state index in [4.69, 9.17) is 10.5 Å². The van der Waals surface area contributed by atoms with Crippen LogP contribution < -0.4 is 11.1 Å². The molecular formula is C17H17FN4O2. The molecule has 0 unspecified atom stereocenters. The van der Waals surface area contributed by atoms with Gasteiger partial charge in [-0.15, -0.1) is 0 Å². The van der Waals surface area contributed by atoms with Crippen LogP contribution in [0.2, 0.25) is 0 Å². The molecule has 0 bridgehead atoms. The summed E-state index contributed by atoms with van der Waals surface area (Å²) >= 11 is 0. The second kappa shape index (κ2) is 7.08. The normalized spacial score (nSPS) is 16.4. The van der Waals surface area contributed by atoms with E-state index in [-0.39, 0.29) is 17.6 Å². The summed E-state index contributed by atoms with van der Waals surface area (Å²) in [7, 11) is 0. The number of nitrogens with one attached hydrogen (secondary N) is 1. The molecule has 1 atom stereocenters. The fraction of sp³-hybridized carbons (Fsp3) is 0.235. The van der Waals surface area contributed by atoms with E-state index in [9.17, 15) is 9.18 Å². The number of amidine groups is 1. The van der Waals surface area contributed by atoms with Crippen LogP contribution in [0.15, 0.2) is 47.7 Å². The first-order valence-corrected chi connectivity index (χ1v) is 7.57.